The molecule has 2 rings (SSSR count). The molecule has 1 saturated carbocycles. The van der Waals surface area contributed by atoms with Crippen molar-refractivity contribution in [3.63, 3.8) is 0 Å². The van der Waals surface area contributed by atoms with Crippen LogP contribution in [0.15, 0.2) is 23.1 Å². The Morgan fingerprint density at radius 3 is 2.50 bits per heavy atom. The molecule has 1 fully saturated rings. The average molecular weight is 303 g/mol. The number of hydrogen-bond donors (Lipinski definition) is 1. The third-order valence-electron chi connectivity index (χ3n) is 4.20. The molecule has 2 atom stereocenters. The summed E-state index contributed by atoms with van der Waals surface area (Å²) in [6, 6.07) is 2.35. The number of halogens is 2. The minimum atomic E-state index is -3.82. The molecule has 1 aromatic rings. The monoisotopic (exact) mass is 303 g/mol. The lowest BCUT2D eigenvalue weighted by Crippen LogP contribution is -2.45. The molecular weight excluding hydrogens is 284 g/mol. The Balaban J connectivity index is 2.45. The highest BCUT2D eigenvalue weighted by Crippen LogP contribution is 2.42. The topological polar surface area (TPSA) is 46.2 Å². The quantitative estimate of drug-likeness (QED) is 0.873. The van der Waals surface area contributed by atoms with Crippen molar-refractivity contribution in [3.8, 4) is 0 Å². The zero-order chi connectivity index (χ0) is 15.1. The normalized spacial score (nSPS) is 25.9. The largest absolute Gasteiger partial charge is 0.315 e. The summed E-state index contributed by atoms with van der Waals surface area (Å²) in [4.78, 5) is -0.415. The van der Waals surface area contributed by atoms with E-state index in [0.29, 0.717) is 12.5 Å². The molecule has 2 unspecified atom stereocenters. The smallest absolute Gasteiger partial charge is 0.185 e. The van der Waals surface area contributed by atoms with Crippen LogP contribution in [-0.4, -0.2) is 26.8 Å². The van der Waals surface area contributed by atoms with Crippen molar-refractivity contribution < 1.29 is 17.2 Å². The van der Waals surface area contributed by atoms with E-state index >= 15 is 0 Å². The van der Waals surface area contributed by atoms with Crippen LogP contribution in [0.5, 0.6) is 0 Å². The van der Waals surface area contributed by atoms with Gasteiger partial charge in [0.25, 0.3) is 0 Å². The predicted octanol–water partition coefficient (Wildman–Crippen LogP) is 2.52. The zero-order valence-electron chi connectivity index (χ0n) is 11.8. The lowest BCUT2D eigenvalue weighted by atomic mass is 9.87. The molecule has 1 aliphatic rings. The molecule has 20 heavy (non-hydrogen) atoms. The molecule has 0 radical (unpaired) electrons. The van der Waals surface area contributed by atoms with Crippen LogP contribution in [0, 0.1) is 17.0 Å². The Kier molecular flexibility index (Phi) is 3.90. The van der Waals surface area contributed by atoms with Gasteiger partial charge in [-0.3, -0.25) is 0 Å². The van der Waals surface area contributed by atoms with Crippen molar-refractivity contribution in [1.29, 1.82) is 0 Å². The van der Waals surface area contributed by atoms with E-state index in [4.69, 9.17) is 0 Å². The molecule has 0 heterocycles. The van der Waals surface area contributed by atoms with E-state index in [-0.39, 0.29) is 11.5 Å². The van der Waals surface area contributed by atoms with Gasteiger partial charge in [-0.1, -0.05) is 13.8 Å². The van der Waals surface area contributed by atoms with E-state index in [2.05, 4.69) is 5.32 Å². The molecule has 112 valence electrons. The fraction of sp³-hybridized carbons (Fsp3) is 0.571. The van der Waals surface area contributed by atoms with Gasteiger partial charge in [-0.2, -0.15) is 0 Å². The van der Waals surface area contributed by atoms with Gasteiger partial charge in [0.15, 0.2) is 9.84 Å². The Morgan fingerprint density at radius 2 is 1.95 bits per heavy atom. The van der Waals surface area contributed by atoms with Gasteiger partial charge in [0, 0.05) is 12.1 Å². The molecule has 1 aromatic carbocycles. The van der Waals surface area contributed by atoms with Crippen molar-refractivity contribution in [2.45, 2.75) is 42.9 Å². The van der Waals surface area contributed by atoms with Crippen LogP contribution in [0.1, 0.15) is 26.7 Å². The van der Waals surface area contributed by atoms with Gasteiger partial charge in [0.2, 0.25) is 0 Å². The van der Waals surface area contributed by atoms with E-state index in [0.717, 1.165) is 18.6 Å². The molecular formula is C14H19F2NO2S. The SMILES string of the molecule is CNC1C(S(=O)(=O)c2ccc(F)cc2F)CCC1(C)C. The molecule has 1 N–H and O–H groups in total. The summed E-state index contributed by atoms with van der Waals surface area (Å²) in [5.41, 5.74) is -0.178. The van der Waals surface area contributed by atoms with Crippen molar-refractivity contribution in [2.24, 2.45) is 5.41 Å². The predicted molar refractivity (Wildman–Crippen MR) is 73.2 cm³/mol. The van der Waals surface area contributed by atoms with Crippen LogP contribution < -0.4 is 5.32 Å². The first-order valence-electron chi connectivity index (χ1n) is 6.56. The van der Waals surface area contributed by atoms with E-state index in [1.807, 2.05) is 13.8 Å². The van der Waals surface area contributed by atoms with E-state index < -0.39 is 31.6 Å². The number of benzene rings is 1. The molecule has 0 saturated heterocycles. The van der Waals surface area contributed by atoms with Gasteiger partial charge in [0.05, 0.1) is 5.25 Å². The maximum Gasteiger partial charge on any atom is 0.185 e. The third kappa shape index (κ3) is 2.46. The fourth-order valence-electron chi connectivity index (χ4n) is 3.12. The Hall–Kier alpha value is -1.01. The highest BCUT2D eigenvalue weighted by Gasteiger charge is 2.48. The standard InChI is InChI=1S/C14H19F2NO2S/c1-14(2)7-6-12(13(14)17-3)20(18,19)11-5-4-9(15)8-10(11)16/h4-5,8,12-13,17H,6-7H2,1-3H3. The number of rotatable bonds is 3. The van der Waals surface area contributed by atoms with E-state index in [1.165, 1.54) is 0 Å². The summed E-state index contributed by atoms with van der Waals surface area (Å²) in [6.45, 7) is 3.98. The van der Waals surface area contributed by atoms with Crippen LogP contribution in [0.2, 0.25) is 0 Å². The molecule has 0 amide bonds. The van der Waals surface area contributed by atoms with Gasteiger partial charge in [-0.15, -0.1) is 0 Å². The van der Waals surface area contributed by atoms with Gasteiger partial charge >= 0.3 is 0 Å². The third-order valence-corrected chi connectivity index (χ3v) is 6.45. The summed E-state index contributed by atoms with van der Waals surface area (Å²) >= 11 is 0. The van der Waals surface area contributed by atoms with Crippen molar-refractivity contribution in [1.82, 2.24) is 5.32 Å². The first-order chi connectivity index (χ1) is 9.20. The molecule has 3 nitrogen and oxygen atoms in total. The first kappa shape index (κ1) is 15.4. The van der Waals surface area contributed by atoms with Gasteiger partial charge in [-0.05, 0) is 37.4 Å². The Morgan fingerprint density at radius 1 is 1.30 bits per heavy atom. The van der Waals surface area contributed by atoms with Crippen molar-refractivity contribution >= 4 is 9.84 Å². The lowest BCUT2D eigenvalue weighted by molar-refractivity contribution is 0.297. The molecule has 0 bridgehead atoms. The van der Waals surface area contributed by atoms with E-state index in [1.54, 1.807) is 7.05 Å². The zero-order valence-corrected chi connectivity index (χ0v) is 12.6. The van der Waals surface area contributed by atoms with Crippen LogP contribution in [0.3, 0.4) is 0 Å². The van der Waals surface area contributed by atoms with Gasteiger partial charge < -0.3 is 5.32 Å². The van der Waals surface area contributed by atoms with Crippen LogP contribution >= 0.6 is 0 Å². The van der Waals surface area contributed by atoms with E-state index in [9.17, 15) is 17.2 Å². The first-order valence-corrected chi connectivity index (χ1v) is 8.11. The highest BCUT2D eigenvalue weighted by molar-refractivity contribution is 7.92. The number of nitrogens with one attached hydrogen (secondary N) is 1. The van der Waals surface area contributed by atoms with Crippen molar-refractivity contribution in [2.75, 3.05) is 7.05 Å². The Labute approximate surface area is 118 Å². The van der Waals surface area contributed by atoms with Crippen molar-refractivity contribution in [3.05, 3.63) is 29.8 Å². The summed E-state index contributed by atoms with van der Waals surface area (Å²) in [5.74, 6) is -1.80. The second-order valence-corrected chi connectivity index (χ2v) is 8.09. The molecule has 0 aliphatic heterocycles. The number of sulfone groups is 1. The summed E-state index contributed by atoms with van der Waals surface area (Å²) in [7, 11) is -2.11. The second-order valence-electron chi connectivity index (χ2n) is 5.95. The summed E-state index contributed by atoms with van der Waals surface area (Å²) in [5, 5.41) is 2.34. The molecule has 1 aliphatic carbocycles. The highest BCUT2D eigenvalue weighted by atomic mass is 32.2. The summed E-state index contributed by atoms with van der Waals surface area (Å²) < 4.78 is 52.0. The Bertz CT molecular complexity index is 614. The maximum absolute atomic E-state index is 13.8. The van der Waals surface area contributed by atoms with Gasteiger partial charge in [0.1, 0.15) is 16.5 Å². The second kappa shape index (κ2) is 5.07. The van der Waals surface area contributed by atoms with Crippen LogP contribution in [0.25, 0.3) is 0 Å². The fourth-order valence-corrected chi connectivity index (χ4v) is 5.33. The van der Waals surface area contributed by atoms with Gasteiger partial charge in [-0.25, -0.2) is 17.2 Å². The summed E-state index contributed by atoms with van der Waals surface area (Å²) in [6.07, 6.45) is 1.21. The molecule has 6 heteroatoms. The molecule has 0 aromatic heterocycles. The minimum absolute atomic E-state index is 0.178. The maximum atomic E-state index is 13.8. The molecule has 0 spiro atoms. The average Bonchev–Trinajstić information content (AvgIpc) is 2.64. The minimum Gasteiger partial charge on any atom is -0.315 e. The van der Waals surface area contributed by atoms with Crippen LogP contribution in [0.4, 0.5) is 8.78 Å². The van der Waals surface area contributed by atoms with Crippen LogP contribution in [-0.2, 0) is 9.84 Å². The lowest BCUT2D eigenvalue weighted by Gasteiger charge is -2.30. The number of hydrogen-bond acceptors (Lipinski definition) is 3.